The monoisotopic (exact) mass is 408 g/mol. The molecule has 0 N–H and O–H groups in total. The first-order valence-corrected chi connectivity index (χ1v) is 8.72. The summed E-state index contributed by atoms with van der Waals surface area (Å²) in [5.74, 6) is -0.598. The quantitative estimate of drug-likeness (QED) is 0.634. The predicted molar refractivity (Wildman–Crippen MR) is 98.5 cm³/mol. The Morgan fingerprint density at radius 2 is 1.89 bits per heavy atom. The van der Waals surface area contributed by atoms with Gasteiger partial charge in [-0.25, -0.2) is 4.68 Å². The summed E-state index contributed by atoms with van der Waals surface area (Å²) in [6.07, 6.45) is -2.58. The number of carbonyl (C=O) groups is 1. The fraction of sp³-hybridized carbons (Fsp3) is 0.211. The molecule has 0 bridgehead atoms. The van der Waals surface area contributed by atoms with Gasteiger partial charge in [0.2, 0.25) is 0 Å². The number of rotatable bonds is 5. The molecule has 5 nitrogen and oxygen atoms in total. The smallest absolute Gasteiger partial charge is 0.340 e. The lowest BCUT2D eigenvalue weighted by Gasteiger charge is -2.18. The van der Waals surface area contributed by atoms with Gasteiger partial charge in [-0.1, -0.05) is 29.8 Å². The van der Waals surface area contributed by atoms with Crippen LogP contribution in [0.15, 0.2) is 54.7 Å². The maximum Gasteiger partial charge on any atom is 0.435 e. The van der Waals surface area contributed by atoms with E-state index in [1.165, 1.54) is 24.1 Å². The summed E-state index contributed by atoms with van der Waals surface area (Å²) in [5, 5.41) is 3.77. The van der Waals surface area contributed by atoms with Crippen LogP contribution in [0.5, 0.6) is 0 Å². The van der Waals surface area contributed by atoms with Crippen molar-refractivity contribution < 1.29 is 18.0 Å². The number of likely N-dealkylation sites (N-methyl/N-ethyl adjacent to an activating group) is 1. The van der Waals surface area contributed by atoms with Crippen molar-refractivity contribution in [1.82, 2.24) is 19.7 Å². The van der Waals surface area contributed by atoms with Crippen LogP contribution in [0.25, 0.3) is 5.69 Å². The molecule has 3 aromatic rings. The van der Waals surface area contributed by atoms with Gasteiger partial charge in [-0.3, -0.25) is 9.78 Å². The summed E-state index contributed by atoms with van der Waals surface area (Å²) in [7, 11) is 1.52. The minimum absolute atomic E-state index is 0.185. The molecule has 3 rings (SSSR count). The largest absolute Gasteiger partial charge is 0.435 e. The van der Waals surface area contributed by atoms with Crippen molar-refractivity contribution in [2.24, 2.45) is 0 Å². The number of hydrogen-bond acceptors (Lipinski definition) is 3. The van der Waals surface area contributed by atoms with Crippen LogP contribution in [0.2, 0.25) is 5.02 Å². The lowest BCUT2D eigenvalue weighted by Crippen LogP contribution is -2.30. The summed E-state index contributed by atoms with van der Waals surface area (Å²) >= 11 is 6.10. The number of alkyl halides is 3. The van der Waals surface area contributed by atoms with Gasteiger partial charge in [0.15, 0.2) is 5.69 Å². The van der Waals surface area contributed by atoms with Crippen molar-refractivity contribution in [1.29, 1.82) is 0 Å². The lowest BCUT2D eigenvalue weighted by molar-refractivity contribution is -0.141. The first kappa shape index (κ1) is 19.9. The molecule has 0 aliphatic heterocycles. The van der Waals surface area contributed by atoms with Gasteiger partial charge in [0.25, 0.3) is 5.91 Å². The van der Waals surface area contributed by atoms with Crippen molar-refractivity contribution in [2.45, 2.75) is 12.6 Å². The SMILES string of the molecule is CN(CCc1ccccn1)C(=O)c1cc(C(F)(F)F)nn1-c1ccccc1Cl. The number of para-hydroxylation sites is 1. The molecular formula is C19H16ClF3N4O. The minimum Gasteiger partial charge on any atom is -0.340 e. The van der Waals surface area contributed by atoms with Gasteiger partial charge >= 0.3 is 6.18 Å². The Labute approximate surface area is 164 Å². The zero-order valence-corrected chi connectivity index (χ0v) is 15.6. The summed E-state index contributed by atoms with van der Waals surface area (Å²) in [5.41, 5.74) is -0.406. The Balaban J connectivity index is 1.92. The highest BCUT2D eigenvalue weighted by Crippen LogP contribution is 2.31. The van der Waals surface area contributed by atoms with E-state index in [9.17, 15) is 18.0 Å². The first-order valence-electron chi connectivity index (χ1n) is 8.35. The van der Waals surface area contributed by atoms with Gasteiger partial charge in [-0.2, -0.15) is 18.3 Å². The van der Waals surface area contributed by atoms with E-state index in [0.29, 0.717) is 6.42 Å². The number of halogens is 4. The predicted octanol–water partition coefficient (Wildman–Crippen LogP) is 4.25. The van der Waals surface area contributed by atoms with E-state index in [0.717, 1.165) is 16.4 Å². The summed E-state index contributed by atoms with van der Waals surface area (Å²) in [6, 6.07) is 12.4. The fourth-order valence-electron chi connectivity index (χ4n) is 2.60. The van der Waals surface area contributed by atoms with E-state index < -0.39 is 17.8 Å². The molecule has 0 atom stereocenters. The maximum atomic E-state index is 13.2. The molecule has 1 amide bonds. The van der Waals surface area contributed by atoms with Crippen molar-refractivity contribution in [3.05, 3.63) is 76.8 Å². The highest BCUT2D eigenvalue weighted by atomic mass is 35.5. The average molecular weight is 409 g/mol. The van der Waals surface area contributed by atoms with Gasteiger partial charge in [0.05, 0.1) is 10.7 Å². The molecule has 0 aliphatic rings. The second kappa shape index (κ2) is 8.02. The zero-order chi connectivity index (χ0) is 20.3. The number of carbonyl (C=O) groups excluding carboxylic acids is 1. The van der Waals surface area contributed by atoms with E-state index in [2.05, 4.69) is 10.1 Å². The highest BCUT2D eigenvalue weighted by molar-refractivity contribution is 6.32. The topological polar surface area (TPSA) is 51.0 Å². The van der Waals surface area contributed by atoms with Gasteiger partial charge < -0.3 is 4.90 Å². The van der Waals surface area contributed by atoms with Crippen molar-refractivity contribution in [2.75, 3.05) is 13.6 Å². The summed E-state index contributed by atoms with van der Waals surface area (Å²) in [6.45, 7) is 0.283. The number of nitrogens with zero attached hydrogens (tertiary/aromatic N) is 4. The lowest BCUT2D eigenvalue weighted by atomic mass is 10.2. The standard InChI is InChI=1S/C19H16ClF3N4O/c1-26(11-9-13-6-4-5-10-24-13)18(28)16-12-17(19(21,22)23)25-27(16)15-8-3-2-7-14(15)20/h2-8,10,12H,9,11H2,1H3. The van der Waals surface area contributed by atoms with E-state index in [1.807, 2.05) is 12.1 Å². The summed E-state index contributed by atoms with van der Waals surface area (Å²) in [4.78, 5) is 18.4. The number of benzene rings is 1. The van der Waals surface area contributed by atoms with Crippen molar-refractivity contribution >= 4 is 17.5 Å². The Morgan fingerprint density at radius 1 is 1.18 bits per heavy atom. The molecule has 1 aromatic carbocycles. The zero-order valence-electron chi connectivity index (χ0n) is 14.8. The molecule has 0 saturated heterocycles. The van der Waals surface area contributed by atoms with Crippen LogP contribution in [0.4, 0.5) is 13.2 Å². The fourth-order valence-corrected chi connectivity index (χ4v) is 2.82. The van der Waals surface area contributed by atoms with Crippen molar-refractivity contribution in [3.8, 4) is 5.69 Å². The van der Waals surface area contributed by atoms with Gasteiger partial charge in [-0.05, 0) is 24.3 Å². The second-order valence-electron chi connectivity index (χ2n) is 6.07. The number of pyridine rings is 1. The van der Waals surface area contributed by atoms with Crippen LogP contribution in [-0.2, 0) is 12.6 Å². The second-order valence-corrected chi connectivity index (χ2v) is 6.48. The maximum absolute atomic E-state index is 13.2. The molecule has 2 aromatic heterocycles. The normalized spacial score (nSPS) is 11.5. The van der Waals surface area contributed by atoms with Gasteiger partial charge in [-0.15, -0.1) is 0 Å². The summed E-state index contributed by atoms with van der Waals surface area (Å²) < 4.78 is 40.5. The van der Waals surface area contributed by atoms with E-state index in [4.69, 9.17) is 11.6 Å². The van der Waals surface area contributed by atoms with Gasteiger partial charge in [0.1, 0.15) is 5.69 Å². The number of amides is 1. The highest BCUT2D eigenvalue weighted by Gasteiger charge is 2.36. The number of hydrogen-bond donors (Lipinski definition) is 0. The molecule has 0 unspecified atom stereocenters. The molecule has 2 heterocycles. The van der Waals surface area contributed by atoms with Crippen LogP contribution in [0.3, 0.4) is 0 Å². The number of aromatic nitrogens is 3. The Morgan fingerprint density at radius 3 is 2.54 bits per heavy atom. The Hall–Kier alpha value is -2.87. The molecule has 0 spiro atoms. The third-order valence-corrected chi connectivity index (χ3v) is 4.40. The molecular weight excluding hydrogens is 393 g/mol. The third kappa shape index (κ3) is 4.33. The molecule has 0 saturated carbocycles. The van der Waals surface area contributed by atoms with Crippen LogP contribution >= 0.6 is 11.6 Å². The molecule has 0 radical (unpaired) electrons. The first-order chi connectivity index (χ1) is 13.3. The minimum atomic E-state index is -4.69. The van der Waals surface area contributed by atoms with Crippen LogP contribution in [-0.4, -0.2) is 39.2 Å². The van der Waals surface area contributed by atoms with E-state index >= 15 is 0 Å². The van der Waals surface area contributed by atoms with E-state index in [1.54, 1.807) is 24.4 Å². The molecule has 0 fully saturated rings. The Bertz CT molecular complexity index is 973. The average Bonchev–Trinajstić information content (AvgIpc) is 3.12. The van der Waals surface area contributed by atoms with E-state index in [-0.39, 0.29) is 22.9 Å². The van der Waals surface area contributed by atoms with Gasteiger partial charge in [0, 0.05) is 38.0 Å². The molecule has 9 heteroatoms. The van der Waals surface area contributed by atoms with Crippen molar-refractivity contribution in [3.63, 3.8) is 0 Å². The Kier molecular flexibility index (Phi) is 5.69. The molecule has 146 valence electrons. The van der Waals surface area contributed by atoms with Crippen LogP contribution in [0, 0.1) is 0 Å². The molecule has 0 aliphatic carbocycles. The van der Waals surface area contributed by atoms with Crippen LogP contribution in [0.1, 0.15) is 21.9 Å². The molecule has 28 heavy (non-hydrogen) atoms. The van der Waals surface area contributed by atoms with Crippen LogP contribution < -0.4 is 0 Å². The third-order valence-electron chi connectivity index (χ3n) is 4.08.